The van der Waals surface area contributed by atoms with Crippen LogP contribution in [0.25, 0.3) is 0 Å². The molecule has 1 saturated carbocycles. The number of carbonyl (C=O) groups is 2. The SMILES string of the molecule is O=C(ONC(=O)C1CC1C(F)(F)F)c1ccccn1. The van der Waals surface area contributed by atoms with Crippen LogP contribution in [-0.2, 0) is 9.63 Å². The average molecular weight is 274 g/mol. The maximum atomic E-state index is 12.2. The molecule has 1 aliphatic rings. The van der Waals surface area contributed by atoms with Gasteiger partial charge in [-0.1, -0.05) is 6.07 Å². The summed E-state index contributed by atoms with van der Waals surface area (Å²) in [5, 5.41) is 0. The molecule has 0 saturated heterocycles. The largest absolute Gasteiger partial charge is 0.392 e. The van der Waals surface area contributed by atoms with Crippen LogP contribution >= 0.6 is 0 Å². The van der Waals surface area contributed by atoms with E-state index in [4.69, 9.17) is 0 Å². The predicted octanol–water partition coefficient (Wildman–Crippen LogP) is 1.47. The van der Waals surface area contributed by atoms with E-state index in [1.807, 2.05) is 0 Å². The van der Waals surface area contributed by atoms with E-state index in [1.54, 1.807) is 11.5 Å². The Labute approximate surface area is 105 Å². The van der Waals surface area contributed by atoms with Crippen molar-refractivity contribution in [3.63, 3.8) is 0 Å². The third kappa shape index (κ3) is 3.21. The molecular weight excluding hydrogens is 265 g/mol. The Balaban J connectivity index is 1.81. The summed E-state index contributed by atoms with van der Waals surface area (Å²) in [4.78, 5) is 30.7. The molecule has 2 rings (SSSR count). The first-order chi connectivity index (χ1) is 8.89. The summed E-state index contributed by atoms with van der Waals surface area (Å²) in [6.45, 7) is 0. The predicted molar refractivity (Wildman–Crippen MR) is 55.4 cm³/mol. The molecule has 2 unspecified atom stereocenters. The number of pyridine rings is 1. The Bertz CT molecular complexity index is 490. The third-order valence-electron chi connectivity index (χ3n) is 2.67. The Hall–Kier alpha value is -2.12. The molecule has 1 aliphatic carbocycles. The van der Waals surface area contributed by atoms with Crippen LogP contribution in [0.15, 0.2) is 24.4 Å². The summed E-state index contributed by atoms with van der Waals surface area (Å²) < 4.78 is 36.7. The van der Waals surface area contributed by atoms with Crippen LogP contribution in [0.2, 0.25) is 0 Å². The number of aromatic nitrogens is 1. The van der Waals surface area contributed by atoms with E-state index in [9.17, 15) is 22.8 Å². The molecule has 0 radical (unpaired) electrons. The van der Waals surface area contributed by atoms with Crippen molar-refractivity contribution in [3.8, 4) is 0 Å². The highest BCUT2D eigenvalue weighted by atomic mass is 19.4. The first-order valence-corrected chi connectivity index (χ1v) is 5.38. The van der Waals surface area contributed by atoms with Crippen molar-refractivity contribution in [1.82, 2.24) is 10.5 Å². The van der Waals surface area contributed by atoms with Crippen LogP contribution in [0.3, 0.4) is 0 Å². The summed E-state index contributed by atoms with van der Waals surface area (Å²) >= 11 is 0. The molecule has 1 heterocycles. The highest BCUT2D eigenvalue weighted by Gasteiger charge is 2.59. The van der Waals surface area contributed by atoms with Gasteiger partial charge in [0.15, 0.2) is 5.69 Å². The minimum atomic E-state index is -4.40. The molecule has 102 valence electrons. The van der Waals surface area contributed by atoms with E-state index in [0.29, 0.717) is 0 Å². The number of nitrogens with one attached hydrogen (secondary N) is 1. The number of nitrogens with zero attached hydrogens (tertiary/aromatic N) is 1. The molecule has 0 spiro atoms. The number of carbonyl (C=O) groups excluding carboxylic acids is 2. The monoisotopic (exact) mass is 274 g/mol. The Morgan fingerprint density at radius 1 is 1.37 bits per heavy atom. The van der Waals surface area contributed by atoms with E-state index in [-0.39, 0.29) is 12.1 Å². The smallest absolute Gasteiger partial charge is 0.334 e. The molecule has 8 heteroatoms. The molecule has 1 amide bonds. The molecule has 0 aromatic carbocycles. The number of alkyl halides is 3. The van der Waals surface area contributed by atoms with Crippen molar-refractivity contribution in [2.45, 2.75) is 12.6 Å². The van der Waals surface area contributed by atoms with E-state index >= 15 is 0 Å². The van der Waals surface area contributed by atoms with Crippen LogP contribution in [0, 0.1) is 11.8 Å². The van der Waals surface area contributed by atoms with Crippen molar-refractivity contribution in [2.24, 2.45) is 11.8 Å². The highest BCUT2D eigenvalue weighted by molar-refractivity contribution is 5.89. The lowest BCUT2D eigenvalue weighted by atomic mass is 10.3. The lowest BCUT2D eigenvalue weighted by molar-refractivity contribution is -0.156. The second-order valence-corrected chi connectivity index (χ2v) is 4.06. The molecule has 1 N–H and O–H groups in total. The van der Waals surface area contributed by atoms with Crippen LogP contribution in [0.1, 0.15) is 16.9 Å². The van der Waals surface area contributed by atoms with E-state index in [2.05, 4.69) is 9.82 Å². The normalized spacial score (nSPS) is 21.6. The number of rotatable bonds is 2. The van der Waals surface area contributed by atoms with Crippen molar-refractivity contribution in [1.29, 1.82) is 0 Å². The molecule has 1 fully saturated rings. The Kier molecular flexibility index (Phi) is 3.41. The van der Waals surface area contributed by atoms with Gasteiger partial charge < -0.3 is 4.84 Å². The summed E-state index contributed by atoms with van der Waals surface area (Å²) in [7, 11) is 0. The number of hydroxylamine groups is 1. The standard InChI is InChI=1S/C11H9F3N2O3/c12-11(13,14)7-5-6(7)9(17)16-19-10(18)8-3-1-2-4-15-8/h1-4,6-7H,5H2,(H,16,17). The van der Waals surface area contributed by atoms with Crippen LogP contribution < -0.4 is 5.48 Å². The average Bonchev–Trinajstić information content (AvgIpc) is 3.16. The van der Waals surface area contributed by atoms with Gasteiger partial charge in [0.2, 0.25) is 0 Å². The van der Waals surface area contributed by atoms with Crippen molar-refractivity contribution >= 4 is 11.9 Å². The van der Waals surface area contributed by atoms with Gasteiger partial charge in [0.1, 0.15) is 0 Å². The maximum Gasteiger partial charge on any atom is 0.392 e. The van der Waals surface area contributed by atoms with Crippen LogP contribution in [0.5, 0.6) is 0 Å². The lowest BCUT2D eigenvalue weighted by Crippen LogP contribution is -2.30. The van der Waals surface area contributed by atoms with Gasteiger partial charge in [-0.2, -0.15) is 18.7 Å². The lowest BCUT2D eigenvalue weighted by Gasteiger charge is -2.06. The summed E-state index contributed by atoms with van der Waals surface area (Å²) in [6, 6.07) is 4.46. The Morgan fingerprint density at radius 2 is 2.11 bits per heavy atom. The zero-order chi connectivity index (χ0) is 14.0. The molecule has 0 bridgehead atoms. The van der Waals surface area contributed by atoms with Crippen molar-refractivity contribution in [2.75, 3.05) is 0 Å². The number of hydrogen-bond donors (Lipinski definition) is 1. The Morgan fingerprint density at radius 3 is 2.63 bits per heavy atom. The zero-order valence-electron chi connectivity index (χ0n) is 9.48. The molecule has 19 heavy (non-hydrogen) atoms. The summed E-state index contributed by atoms with van der Waals surface area (Å²) in [6.07, 6.45) is -3.33. The maximum absolute atomic E-state index is 12.2. The van der Waals surface area contributed by atoms with Crippen molar-refractivity contribution < 1.29 is 27.6 Å². The molecule has 1 aromatic heterocycles. The van der Waals surface area contributed by atoms with Gasteiger partial charge >= 0.3 is 12.1 Å². The summed E-state index contributed by atoms with van der Waals surface area (Å²) in [5.41, 5.74) is 1.67. The fraction of sp³-hybridized carbons (Fsp3) is 0.364. The summed E-state index contributed by atoms with van der Waals surface area (Å²) in [5.74, 6) is -4.72. The molecule has 1 aromatic rings. The van der Waals surface area contributed by atoms with Gasteiger partial charge in [0.25, 0.3) is 5.91 Å². The molecule has 0 aliphatic heterocycles. The topological polar surface area (TPSA) is 68.3 Å². The number of halogens is 3. The van der Waals surface area contributed by atoms with Gasteiger partial charge in [-0.3, -0.25) is 4.79 Å². The minimum absolute atomic E-state index is 0.0500. The fourth-order valence-electron chi connectivity index (χ4n) is 1.55. The number of amides is 1. The first-order valence-electron chi connectivity index (χ1n) is 5.38. The van der Waals surface area contributed by atoms with E-state index < -0.39 is 29.9 Å². The molecule has 5 nitrogen and oxygen atoms in total. The highest BCUT2D eigenvalue weighted by Crippen LogP contribution is 2.50. The van der Waals surface area contributed by atoms with Crippen LogP contribution in [0.4, 0.5) is 13.2 Å². The fourth-order valence-corrected chi connectivity index (χ4v) is 1.55. The van der Waals surface area contributed by atoms with Gasteiger partial charge in [0, 0.05) is 6.20 Å². The third-order valence-corrected chi connectivity index (χ3v) is 2.67. The van der Waals surface area contributed by atoms with Gasteiger partial charge in [-0.15, -0.1) is 0 Å². The second kappa shape index (κ2) is 4.87. The van der Waals surface area contributed by atoms with E-state index in [0.717, 1.165) is 0 Å². The first kappa shape index (κ1) is 13.3. The number of hydrogen-bond acceptors (Lipinski definition) is 4. The van der Waals surface area contributed by atoms with Gasteiger partial charge in [-0.25, -0.2) is 9.78 Å². The molecular formula is C11H9F3N2O3. The zero-order valence-corrected chi connectivity index (χ0v) is 9.48. The minimum Gasteiger partial charge on any atom is -0.334 e. The molecule has 2 atom stereocenters. The van der Waals surface area contributed by atoms with Gasteiger partial charge in [0.05, 0.1) is 11.8 Å². The quantitative estimate of drug-likeness (QED) is 0.829. The second-order valence-electron chi connectivity index (χ2n) is 4.06. The van der Waals surface area contributed by atoms with Gasteiger partial charge in [-0.05, 0) is 18.6 Å². The van der Waals surface area contributed by atoms with Crippen molar-refractivity contribution in [3.05, 3.63) is 30.1 Å². The van der Waals surface area contributed by atoms with Crippen LogP contribution in [-0.4, -0.2) is 23.0 Å². The van der Waals surface area contributed by atoms with E-state index in [1.165, 1.54) is 18.3 Å².